The van der Waals surface area contributed by atoms with Gasteiger partial charge in [0.15, 0.2) is 0 Å². The molecule has 0 amide bonds. The van der Waals surface area contributed by atoms with Crippen LogP contribution in [0.5, 0.6) is 0 Å². The lowest BCUT2D eigenvalue weighted by molar-refractivity contribution is 0.714. The zero-order valence-corrected chi connectivity index (χ0v) is 55.1. The lowest BCUT2D eigenvalue weighted by atomic mass is 9.68. The van der Waals surface area contributed by atoms with Gasteiger partial charge >= 0.3 is 0 Å². The molecule has 7 aliphatic rings. The van der Waals surface area contributed by atoms with Crippen molar-refractivity contribution in [1.29, 1.82) is 0 Å². The zero-order valence-electron chi connectivity index (χ0n) is 55.1. The van der Waals surface area contributed by atoms with E-state index in [2.05, 4.69) is 375 Å². The van der Waals surface area contributed by atoms with Crippen LogP contribution in [0, 0.1) is 0 Å². The van der Waals surface area contributed by atoms with Crippen LogP contribution in [0.3, 0.4) is 0 Å². The molecule has 0 radical (unpaired) electrons. The first-order valence-electron chi connectivity index (χ1n) is 35.3. The van der Waals surface area contributed by atoms with Gasteiger partial charge in [0.1, 0.15) is 0 Å². The van der Waals surface area contributed by atoms with E-state index in [1.807, 2.05) is 0 Å². The summed E-state index contributed by atoms with van der Waals surface area (Å²) in [5, 5.41) is 0. The van der Waals surface area contributed by atoms with E-state index in [4.69, 9.17) is 0 Å². The molecule has 0 heterocycles. The Hall–Kier alpha value is -12.4. The highest BCUT2D eigenvalue weighted by molar-refractivity contribution is 6.00. The molecule has 0 bridgehead atoms. The van der Waals surface area contributed by atoms with Gasteiger partial charge in [-0.15, -0.1) is 0 Å². The molecule has 1 heteroatoms. The van der Waals surface area contributed by atoms with Crippen LogP contribution in [0.25, 0.3) is 97.7 Å². The lowest BCUT2D eigenvalue weighted by Gasteiger charge is -2.33. The molecule has 7 aliphatic carbocycles. The average Bonchev–Trinajstić information content (AvgIpc) is 1.53. The van der Waals surface area contributed by atoms with Gasteiger partial charge < -0.3 is 4.90 Å². The van der Waals surface area contributed by atoms with Gasteiger partial charge in [0.05, 0.1) is 16.2 Å². The molecule has 1 unspecified atom stereocenters. The summed E-state index contributed by atoms with van der Waals surface area (Å²) >= 11 is 0. The molecule has 0 fully saturated rings. The van der Waals surface area contributed by atoms with Gasteiger partial charge in [-0.3, -0.25) is 0 Å². The second-order valence-electron chi connectivity index (χ2n) is 28.0. The summed E-state index contributed by atoms with van der Waals surface area (Å²) in [5.41, 5.74) is 41.7. The molecule has 14 aromatic carbocycles. The highest BCUT2D eigenvalue weighted by atomic mass is 15.1. The van der Waals surface area contributed by atoms with E-state index in [0.29, 0.717) is 0 Å². The van der Waals surface area contributed by atoms with Gasteiger partial charge in [-0.2, -0.15) is 0 Å². The van der Waals surface area contributed by atoms with Gasteiger partial charge in [-0.05, 0) is 234 Å². The fourth-order valence-corrected chi connectivity index (χ4v) is 19.2. The molecule has 0 N–H and O–H groups in total. The van der Waals surface area contributed by atoms with Crippen molar-refractivity contribution in [2.45, 2.75) is 29.1 Å². The van der Waals surface area contributed by atoms with Crippen molar-refractivity contribution < 1.29 is 0 Å². The van der Waals surface area contributed by atoms with Crippen molar-refractivity contribution in [3.05, 3.63) is 439 Å². The van der Waals surface area contributed by atoms with E-state index in [1.165, 1.54) is 150 Å². The molecule has 0 aromatic heterocycles. The summed E-state index contributed by atoms with van der Waals surface area (Å²) < 4.78 is 0. The van der Waals surface area contributed by atoms with Gasteiger partial charge in [0, 0.05) is 17.1 Å². The van der Waals surface area contributed by atoms with E-state index in [1.54, 1.807) is 0 Å². The second-order valence-corrected chi connectivity index (χ2v) is 28.0. The van der Waals surface area contributed by atoms with Crippen LogP contribution in [-0.2, 0) is 16.2 Å². The van der Waals surface area contributed by atoms with Crippen molar-refractivity contribution in [3.8, 4) is 55.6 Å². The van der Waals surface area contributed by atoms with Crippen LogP contribution >= 0.6 is 0 Å². The topological polar surface area (TPSA) is 3.24 Å². The first-order valence-corrected chi connectivity index (χ1v) is 35.3. The summed E-state index contributed by atoms with van der Waals surface area (Å²) in [7, 11) is 0. The third-order valence-corrected chi connectivity index (χ3v) is 23.2. The third-order valence-electron chi connectivity index (χ3n) is 23.2. The fourth-order valence-electron chi connectivity index (χ4n) is 19.2. The number of rotatable bonds is 9. The Labute approximate surface area is 584 Å². The van der Waals surface area contributed by atoms with E-state index >= 15 is 0 Å². The molecular formula is C99H65N. The quantitative estimate of drug-likeness (QED) is 0.130. The molecule has 466 valence electrons. The Morgan fingerprint density at radius 1 is 0.220 bits per heavy atom. The second kappa shape index (κ2) is 21.8. The van der Waals surface area contributed by atoms with Crippen LogP contribution in [0.1, 0.15) is 113 Å². The number of nitrogens with zero attached hydrogens (tertiary/aromatic N) is 1. The first-order chi connectivity index (χ1) is 49.6. The van der Waals surface area contributed by atoms with Crippen LogP contribution < -0.4 is 4.90 Å². The molecule has 3 spiro atoms. The van der Waals surface area contributed by atoms with Gasteiger partial charge in [0.2, 0.25) is 0 Å². The molecule has 21 rings (SSSR count). The Balaban J connectivity index is 0.616. The van der Waals surface area contributed by atoms with Crippen molar-refractivity contribution in [2.24, 2.45) is 0 Å². The SMILES string of the molecule is C1=CC2=C(CC1)C1(c3ccccc32)c2ccccc2-c2ccc(/C=C/c3ccc(N(c4ccc(/C=C/c5ccc6c(c5)C5(c7ccccc7-c7ccccc75)c5ccccc5-6)cc4)c4ccc(/C=C/c5ccc6c(c5)C5(c7ccccc7-c7ccccc75)c5ccccc5-6)cc4)cc3)cc21. The minimum Gasteiger partial charge on any atom is -0.311 e. The van der Waals surface area contributed by atoms with E-state index in [0.717, 1.165) is 46.6 Å². The van der Waals surface area contributed by atoms with Crippen LogP contribution in [0.2, 0.25) is 0 Å². The molecule has 1 nitrogen and oxygen atoms in total. The van der Waals surface area contributed by atoms with E-state index in [9.17, 15) is 0 Å². The normalized spacial score (nSPS) is 16.3. The summed E-state index contributed by atoms with van der Waals surface area (Å²) in [4.78, 5) is 2.39. The highest BCUT2D eigenvalue weighted by Crippen LogP contribution is 2.66. The van der Waals surface area contributed by atoms with Crippen LogP contribution in [-0.4, -0.2) is 0 Å². The van der Waals surface area contributed by atoms with E-state index < -0.39 is 0 Å². The van der Waals surface area contributed by atoms with Gasteiger partial charge in [-0.1, -0.05) is 316 Å². The Bertz CT molecular complexity index is 5590. The predicted octanol–water partition coefficient (Wildman–Crippen LogP) is 24.8. The molecule has 0 saturated heterocycles. The van der Waals surface area contributed by atoms with Crippen molar-refractivity contribution in [2.75, 3.05) is 4.90 Å². The molecule has 1 atom stereocenters. The molecule has 100 heavy (non-hydrogen) atoms. The van der Waals surface area contributed by atoms with Crippen molar-refractivity contribution >= 4 is 59.1 Å². The summed E-state index contributed by atoms with van der Waals surface area (Å²) in [5.74, 6) is 0. The number of fused-ring (bicyclic) bond motifs is 29. The number of benzene rings is 14. The van der Waals surface area contributed by atoms with E-state index in [-0.39, 0.29) is 16.2 Å². The van der Waals surface area contributed by atoms with Crippen LogP contribution in [0.4, 0.5) is 17.1 Å². The summed E-state index contributed by atoms with van der Waals surface area (Å²) in [6.45, 7) is 0. The van der Waals surface area contributed by atoms with Gasteiger partial charge in [0.25, 0.3) is 0 Å². The Kier molecular flexibility index (Phi) is 12.4. The maximum absolute atomic E-state index is 2.48. The zero-order chi connectivity index (χ0) is 65.7. The Morgan fingerprint density at radius 3 is 0.780 bits per heavy atom. The smallest absolute Gasteiger partial charge is 0.0725 e. The minimum atomic E-state index is -0.383. The number of anilines is 3. The maximum atomic E-state index is 2.48. The highest BCUT2D eigenvalue weighted by Gasteiger charge is 2.55. The fraction of sp³-hybridized carbons (Fsp3) is 0.0505. The summed E-state index contributed by atoms with van der Waals surface area (Å²) in [6.07, 6.45) is 20.6. The standard InChI is InChI=1S/C99H65N/c1-10-28-85-73(19-1)74-20-2-11-29-86(74)97(85)91-34-16-7-25-79(91)82-58-49-67(61-94(82)97)40-37-64-43-52-70(53-44-64)100(71-54-45-65(46-55-71)38-41-68-50-59-83-80-26-8-17-35-92(80)98(95(83)62-68)87-30-12-3-21-75(87)76-22-4-13-31-88(76)98)72-56-47-66(48-57-72)39-42-69-51-60-84-81-27-9-18-36-93(81)99(96(84)63-69)89-32-14-5-23-77(89)78-24-6-15-33-90(78)99/h1-14,16-32,34-63H,15,33H2/b40-37+,41-38+,42-39+. The number of allylic oxidation sites excluding steroid dienone is 4. The molecule has 14 aromatic rings. The van der Waals surface area contributed by atoms with Crippen LogP contribution in [0.15, 0.2) is 339 Å². The average molecular weight is 1270 g/mol. The van der Waals surface area contributed by atoms with Gasteiger partial charge in [-0.25, -0.2) is 0 Å². The van der Waals surface area contributed by atoms with Crippen molar-refractivity contribution in [3.63, 3.8) is 0 Å². The number of hydrogen-bond donors (Lipinski definition) is 0. The first kappa shape index (κ1) is 56.7. The molecule has 0 aliphatic heterocycles. The minimum absolute atomic E-state index is 0.298. The largest absolute Gasteiger partial charge is 0.311 e. The third kappa shape index (κ3) is 7.89. The molecular weight excluding hydrogens is 1200 g/mol. The lowest BCUT2D eigenvalue weighted by Crippen LogP contribution is -2.27. The summed E-state index contributed by atoms with van der Waals surface area (Å²) in [6, 6.07) is 121. The number of hydrogen-bond acceptors (Lipinski definition) is 1. The predicted molar refractivity (Wildman–Crippen MR) is 417 cm³/mol. The Morgan fingerprint density at radius 2 is 0.460 bits per heavy atom. The van der Waals surface area contributed by atoms with Crippen molar-refractivity contribution in [1.82, 2.24) is 0 Å². The maximum Gasteiger partial charge on any atom is 0.0725 e. The monoisotopic (exact) mass is 1270 g/mol. The molecule has 0 saturated carbocycles.